The number of benzene rings is 2. The molecule has 27 heavy (non-hydrogen) atoms. The van der Waals surface area contributed by atoms with Gasteiger partial charge in [-0.15, -0.1) is 0 Å². The highest BCUT2D eigenvalue weighted by Gasteiger charge is 2.32. The van der Waals surface area contributed by atoms with Crippen LogP contribution in [0.1, 0.15) is 41.7 Å². The van der Waals surface area contributed by atoms with E-state index in [0.717, 1.165) is 36.2 Å². The largest absolute Gasteiger partial charge is 0.481 e. The van der Waals surface area contributed by atoms with Crippen LogP contribution in [0.3, 0.4) is 0 Å². The molecule has 0 aromatic heterocycles. The Morgan fingerprint density at radius 1 is 1.11 bits per heavy atom. The predicted octanol–water partition coefficient (Wildman–Crippen LogP) is 3.63. The van der Waals surface area contributed by atoms with Crippen LogP contribution in [0.4, 0.5) is 0 Å². The van der Waals surface area contributed by atoms with Gasteiger partial charge in [0.1, 0.15) is 0 Å². The Morgan fingerprint density at radius 3 is 2.41 bits per heavy atom. The number of likely N-dealkylation sites (tertiary alicyclic amines) is 1. The summed E-state index contributed by atoms with van der Waals surface area (Å²) in [4.78, 5) is 18.7. The molecule has 2 aliphatic rings. The Labute approximate surface area is 159 Å². The molecule has 2 heterocycles. The minimum atomic E-state index is -0.695. The van der Waals surface area contributed by atoms with Gasteiger partial charge in [0.05, 0.1) is 11.6 Å². The van der Waals surface area contributed by atoms with E-state index in [2.05, 4.69) is 65.5 Å². The summed E-state index contributed by atoms with van der Waals surface area (Å²) in [6.07, 6.45) is 1.80. The van der Waals surface area contributed by atoms with E-state index in [0.29, 0.717) is 13.1 Å². The van der Waals surface area contributed by atoms with E-state index in [1.54, 1.807) is 0 Å². The number of hydrogen-bond acceptors (Lipinski definition) is 4. The van der Waals surface area contributed by atoms with Gasteiger partial charge in [-0.3, -0.25) is 9.69 Å². The molecule has 1 N–H and O–H groups in total. The van der Waals surface area contributed by atoms with Crippen molar-refractivity contribution in [2.75, 3.05) is 13.1 Å². The summed E-state index contributed by atoms with van der Waals surface area (Å²) in [5, 5.41) is 13.2. The lowest BCUT2D eigenvalue weighted by atomic mass is 9.97. The number of carboxylic acids is 1. The summed E-state index contributed by atoms with van der Waals surface area (Å²) in [6, 6.07) is 16.9. The Bertz CT molecular complexity index is 837. The normalized spacial score (nSPS) is 20.0. The second-order valence-electron chi connectivity index (χ2n) is 7.36. The first-order valence-corrected chi connectivity index (χ1v) is 9.48. The molecular formula is C22H24N2O3. The fourth-order valence-electron chi connectivity index (χ4n) is 3.61. The molecule has 1 atom stereocenters. The summed E-state index contributed by atoms with van der Waals surface area (Å²) in [5.41, 5.74) is 5.73. The van der Waals surface area contributed by atoms with Crippen molar-refractivity contribution in [3.05, 3.63) is 70.8 Å². The van der Waals surface area contributed by atoms with Crippen LogP contribution in [-0.2, 0) is 22.6 Å². The van der Waals surface area contributed by atoms with Crippen molar-refractivity contribution in [1.29, 1.82) is 0 Å². The van der Waals surface area contributed by atoms with Crippen molar-refractivity contribution < 1.29 is 14.7 Å². The highest BCUT2D eigenvalue weighted by molar-refractivity contribution is 6.01. The number of rotatable bonds is 6. The molecule has 4 rings (SSSR count). The van der Waals surface area contributed by atoms with Crippen LogP contribution in [0.15, 0.2) is 53.7 Å². The predicted molar refractivity (Wildman–Crippen MR) is 104 cm³/mol. The lowest BCUT2D eigenvalue weighted by Gasteiger charge is -2.36. The van der Waals surface area contributed by atoms with E-state index in [4.69, 9.17) is 9.94 Å². The number of aryl methyl sites for hydroxylation is 1. The van der Waals surface area contributed by atoms with Crippen LogP contribution in [0.25, 0.3) is 0 Å². The smallest absolute Gasteiger partial charge is 0.309 e. The summed E-state index contributed by atoms with van der Waals surface area (Å²) in [6.45, 7) is 4.21. The lowest BCUT2D eigenvalue weighted by molar-refractivity contribution is -0.147. The molecule has 0 aliphatic carbocycles. The number of hydrogen-bond donors (Lipinski definition) is 1. The van der Waals surface area contributed by atoms with E-state index in [9.17, 15) is 4.79 Å². The molecule has 2 aliphatic heterocycles. The fraction of sp³-hybridized carbons (Fsp3) is 0.364. The zero-order valence-corrected chi connectivity index (χ0v) is 15.5. The molecule has 1 unspecified atom stereocenters. The number of carbonyl (C=O) groups is 1. The summed E-state index contributed by atoms with van der Waals surface area (Å²) < 4.78 is 0. The summed E-state index contributed by atoms with van der Waals surface area (Å²) in [5.74, 6) is -0.905. The first-order valence-electron chi connectivity index (χ1n) is 9.48. The standard InChI is InChI=1S/C22H24N2O3/c1-2-15-3-9-18(10-4-15)21-11-20(23-27-21)17-7-5-16(6-8-17)12-24-13-19(14-24)22(25)26/h3-10,19,21H,2,11-14H2,1H3,(H,25,26). The van der Waals surface area contributed by atoms with Crippen molar-refractivity contribution in [3.8, 4) is 0 Å². The number of aliphatic carboxylic acids is 1. The zero-order chi connectivity index (χ0) is 18.8. The van der Waals surface area contributed by atoms with Crippen LogP contribution in [0.5, 0.6) is 0 Å². The molecule has 5 nitrogen and oxygen atoms in total. The zero-order valence-electron chi connectivity index (χ0n) is 15.5. The van der Waals surface area contributed by atoms with Gasteiger partial charge in [-0.2, -0.15) is 0 Å². The summed E-state index contributed by atoms with van der Waals surface area (Å²) >= 11 is 0. The van der Waals surface area contributed by atoms with Crippen LogP contribution in [-0.4, -0.2) is 34.8 Å². The molecule has 5 heteroatoms. The van der Waals surface area contributed by atoms with Crippen LogP contribution >= 0.6 is 0 Å². The highest BCUT2D eigenvalue weighted by atomic mass is 16.6. The van der Waals surface area contributed by atoms with Gasteiger partial charge in [0.25, 0.3) is 0 Å². The third kappa shape index (κ3) is 3.88. The molecule has 2 aromatic carbocycles. The maximum absolute atomic E-state index is 10.9. The molecule has 0 bridgehead atoms. The molecule has 0 spiro atoms. The Hall–Kier alpha value is -2.66. The van der Waals surface area contributed by atoms with Gasteiger partial charge < -0.3 is 9.94 Å². The van der Waals surface area contributed by atoms with Crippen molar-refractivity contribution in [2.24, 2.45) is 11.1 Å². The van der Waals surface area contributed by atoms with Gasteiger partial charge in [0.2, 0.25) is 0 Å². The Balaban J connectivity index is 1.33. The number of carboxylic acid groups (broad SMARTS) is 1. The van der Waals surface area contributed by atoms with Crippen molar-refractivity contribution >= 4 is 11.7 Å². The second kappa shape index (κ2) is 7.53. The lowest BCUT2D eigenvalue weighted by Crippen LogP contribution is -2.49. The van der Waals surface area contributed by atoms with Crippen molar-refractivity contribution in [2.45, 2.75) is 32.4 Å². The number of oxime groups is 1. The van der Waals surface area contributed by atoms with E-state index < -0.39 is 5.97 Å². The van der Waals surface area contributed by atoms with Crippen LogP contribution in [0, 0.1) is 5.92 Å². The van der Waals surface area contributed by atoms with Crippen molar-refractivity contribution in [3.63, 3.8) is 0 Å². The van der Waals surface area contributed by atoms with E-state index in [1.807, 2.05) is 0 Å². The first kappa shape index (κ1) is 17.7. The first-order chi connectivity index (χ1) is 13.1. The molecule has 1 saturated heterocycles. The molecule has 1 fully saturated rings. The molecule has 0 radical (unpaired) electrons. The Morgan fingerprint density at radius 2 is 1.78 bits per heavy atom. The number of nitrogens with zero attached hydrogens (tertiary/aromatic N) is 2. The van der Waals surface area contributed by atoms with Gasteiger partial charge in [-0.1, -0.05) is 60.6 Å². The third-order valence-corrected chi connectivity index (χ3v) is 5.43. The monoisotopic (exact) mass is 364 g/mol. The molecule has 0 saturated carbocycles. The van der Waals surface area contributed by atoms with Crippen LogP contribution < -0.4 is 0 Å². The van der Waals surface area contributed by atoms with Crippen molar-refractivity contribution in [1.82, 2.24) is 4.90 Å². The average Bonchev–Trinajstić information content (AvgIpc) is 3.15. The summed E-state index contributed by atoms with van der Waals surface area (Å²) in [7, 11) is 0. The van der Waals surface area contributed by atoms with E-state index in [1.165, 1.54) is 11.1 Å². The minimum Gasteiger partial charge on any atom is -0.481 e. The third-order valence-electron chi connectivity index (χ3n) is 5.43. The fourth-order valence-corrected chi connectivity index (χ4v) is 3.61. The highest BCUT2D eigenvalue weighted by Crippen LogP contribution is 2.30. The molecular weight excluding hydrogens is 340 g/mol. The van der Waals surface area contributed by atoms with Gasteiger partial charge in [-0.05, 0) is 28.7 Å². The quantitative estimate of drug-likeness (QED) is 0.850. The van der Waals surface area contributed by atoms with E-state index in [-0.39, 0.29) is 12.0 Å². The maximum Gasteiger partial charge on any atom is 0.309 e. The minimum absolute atomic E-state index is 0.0142. The van der Waals surface area contributed by atoms with E-state index >= 15 is 0 Å². The topological polar surface area (TPSA) is 62.1 Å². The molecule has 140 valence electrons. The van der Waals surface area contributed by atoms with Gasteiger partial charge in [0, 0.05) is 26.1 Å². The van der Waals surface area contributed by atoms with Gasteiger partial charge in [-0.25, -0.2) is 0 Å². The molecule has 2 aromatic rings. The van der Waals surface area contributed by atoms with Crippen LogP contribution in [0.2, 0.25) is 0 Å². The maximum atomic E-state index is 10.9. The average molecular weight is 364 g/mol. The van der Waals surface area contributed by atoms with Gasteiger partial charge in [0.15, 0.2) is 6.10 Å². The Kier molecular flexibility index (Phi) is 4.94. The second-order valence-corrected chi connectivity index (χ2v) is 7.36. The van der Waals surface area contributed by atoms with Gasteiger partial charge >= 0.3 is 5.97 Å². The SMILES string of the molecule is CCc1ccc(C2CC(c3ccc(CN4CC(C(=O)O)C4)cc3)=NO2)cc1. The molecule has 0 amide bonds.